The van der Waals surface area contributed by atoms with Gasteiger partial charge in [0.05, 0.1) is 16.7 Å². The number of hydrogen-bond donors (Lipinski definition) is 2. The SMILES string of the molecule is CNC(=O)c1cc2c(nc(C)n2C)c2c1CCC1(CCc3ccccc31)N2. The Morgan fingerprint density at radius 2 is 2.04 bits per heavy atom. The van der Waals surface area contributed by atoms with Crippen molar-refractivity contribution < 1.29 is 4.79 Å². The van der Waals surface area contributed by atoms with Gasteiger partial charge in [-0.2, -0.15) is 0 Å². The highest BCUT2D eigenvalue weighted by Crippen LogP contribution is 2.48. The molecule has 1 aromatic heterocycles. The van der Waals surface area contributed by atoms with Gasteiger partial charge in [-0.05, 0) is 55.4 Å². The van der Waals surface area contributed by atoms with Gasteiger partial charge >= 0.3 is 0 Å². The van der Waals surface area contributed by atoms with Crippen molar-refractivity contribution in [1.29, 1.82) is 0 Å². The quantitative estimate of drug-likeness (QED) is 0.699. The standard InChI is InChI=1S/C22H24N4O/c1-13-24-20-18(26(13)3)12-16(21(27)23-2)15-9-11-22(25-19(15)20)10-8-14-6-4-5-7-17(14)22/h4-7,12,25H,8-11H2,1-3H3,(H,23,27). The summed E-state index contributed by atoms with van der Waals surface area (Å²) >= 11 is 0. The molecule has 2 aromatic carbocycles. The summed E-state index contributed by atoms with van der Waals surface area (Å²) in [5.74, 6) is 0.922. The van der Waals surface area contributed by atoms with E-state index >= 15 is 0 Å². The van der Waals surface area contributed by atoms with Crippen LogP contribution in [-0.4, -0.2) is 22.5 Å². The topological polar surface area (TPSA) is 59.0 Å². The third-order valence-electron chi connectivity index (χ3n) is 6.50. The van der Waals surface area contributed by atoms with Gasteiger partial charge in [-0.25, -0.2) is 4.98 Å². The molecule has 27 heavy (non-hydrogen) atoms. The van der Waals surface area contributed by atoms with Gasteiger partial charge in [0.15, 0.2) is 0 Å². The number of carbonyl (C=O) groups excluding carboxylic acids is 1. The summed E-state index contributed by atoms with van der Waals surface area (Å²) in [7, 11) is 3.70. The minimum Gasteiger partial charge on any atom is -0.373 e. The van der Waals surface area contributed by atoms with Crippen LogP contribution in [-0.2, 0) is 25.4 Å². The average molecular weight is 360 g/mol. The predicted octanol–water partition coefficient (Wildman–Crippen LogP) is 3.44. The van der Waals surface area contributed by atoms with E-state index in [0.717, 1.165) is 59.4 Å². The fourth-order valence-corrected chi connectivity index (χ4v) is 4.93. The van der Waals surface area contributed by atoms with E-state index in [1.165, 1.54) is 11.1 Å². The third-order valence-corrected chi connectivity index (χ3v) is 6.50. The number of benzene rings is 2. The van der Waals surface area contributed by atoms with Crippen LogP contribution in [0.5, 0.6) is 0 Å². The van der Waals surface area contributed by atoms with E-state index in [2.05, 4.69) is 39.5 Å². The maximum absolute atomic E-state index is 12.6. The van der Waals surface area contributed by atoms with Crippen molar-refractivity contribution in [3.05, 3.63) is 58.4 Å². The van der Waals surface area contributed by atoms with Crippen molar-refractivity contribution in [3.63, 3.8) is 0 Å². The maximum Gasteiger partial charge on any atom is 0.251 e. The first kappa shape index (κ1) is 16.4. The summed E-state index contributed by atoms with van der Waals surface area (Å²) in [5, 5.41) is 6.68. The van der Waals surface area contributed by atoms with Gasteiger partial charge < -0.3 is 15.2 Å². The molecule has 5 heteroatoms. The lowest BCUT2D eigenvalue weighted by Crippen LogP contribution is -2.38. The Kier molecular flexibility index (Phi) is 3.39. The monoisotopic (exact) mass is 360 g/mol. The fraction of sp³-hybridized carbons (Fsp3) is 0.364. The summed E-state index contributed by atoms with van der Waals surface area (Å²) in [6, 6.07) is 10.7. The summed E-state index contributed by atoms with van der Waals surface area (Å²) in [6.45, 7) is 2.01. The second-order valence-corrected chi connectivity index (χ2v) is 7.81. The molecule has 1 aliphatic heterocycles. The van der Waals surface area contributed by atoms with Gasteiger partial charge in [-0.15, -0.1) is 0 Å². The number of carbonyl (C=O) groups is 1. The highest BCUT2D eigenvalue weighted by molar-refractivity contribution is 6.04. The van der Waals surface area contributed by atoms with Crippen molar-refractivity contribution in [2.75, 3.05) is 12.4 Å². The molecule has 1 aliphatic carbocycles. The molecule has 5 rings (SSSR count). The summed E-state index contributed by atoms with van der Waals surface area (Å²) < 4.78 is 2.06. The van der Waals surface area contributed by atoms with E-state index < -0.39 is 0 Å². The van der Waals surface area contributed by atoms with E-state index in [-0.39, 0.29) is 11.4 Å². The lowest BCUT2D eigenvalue weighted by atomic mass is 9.80. The molecular weight excluding hydrogens is 336 g/mol. The number of fused-ring (bicyclic) bond motifs is 5. The van der Waals surface area contributed by atoms with Crippen LogP contribution in [0.15, 0.2) is 30.3 Å². The van der Waals surface area contributed by atoms with Gasteiger partial charge in [0.25, 0.3) is 5.91 Å². The number of amides is 1. The Morgan fingerprint density at radius 3 is 2.85 bits per heavy atom. The Morgan fingerprint density at radius 1 is 1.26 bits per heavy atom. The Labute approximate surface area is 158 Å². The lowest BCUT2D eigenvalue weighted by molar-refractivity contribution is 0.0962. The zero-order valence-electron chi connectivity index (χ0n) is 16.0. The Bertz CT molecular complexity index is 1100. The molecule has 0 radical (unpaired) electrons. The zero-order chi connectivity index (χ0) is 18.8. The van der Waals surface area contributed by atoms with Crippen LogP contribution in [0.25, 0.3) is 11.0 Å². The number of imidazole rings is 1. The van der Waals surface area contributed by atoms with Crippen molar-refractivity contribution >= 4 is 22.6 Å². The number of nitrogens with one attached hydrogen (secondary N) is 2. The first-order valence-electron chi connectivity index (χ1n) is 9.61. The molecule has 1 spiro atoms. The summed E-state index contributed by atoms with van der Waals surface area (Å²) in [6.07, 6.45) is 4.06. The van der Waals surface area contributed by atoms with Gasteiger partial charge in [0.2, 0.25) is 0 Å². The largest absolute Gasteiger partial charge is 0.373 e. The average Bonchev–Trinajstić information content (AvgIpc) is 3.19. The second-order valence-electron chi connectivity index (χ2n) is 7.81. The molecule has 2 heterocycles. The second kappa shape index (κ2) is 5.59. The molecule has 2 aliphatic rings. The van der Waals surface area contributed by atoms with Crippen LogP contribution in [0.3, 0.4) is 0 Å². The predicted molar refractivity (Wildman–Crippen MR) is 107 cm³/mol. The third kappa shape index (κ3) is 2.17. The zero-order valence-corrected chi connectivity index (χ0v) is 16.0. The summed E-state index contributed by atoms with van der Waals surface area (Å²) in [4.78, 5) is 17.4. The first-order chi connectivity index (χ1) is 13.0. The van der Waals surface area contributed by atoms with Crippen molar-refractivity contribution in [3.8, 4) is 0 Å². The number of nitrogens with zero attached hydrogens (tertiary/aromatic N) is 2. The fourth-order valence-electron chi connectivity index (χ4n) is 4.93. The van der Waals surface area contributed by atoms with E-state index in [9.17, 15) is 4.79 Å². The highest BCUT2D eigenvalue weighted by Gasteiger charge is 2.42. The lowest BCUT2D eigenvalue weighted by Gasteiger charge is -2.38. The van der Waals surface area contributed by atoms with Gasteiger partial charge in [-0.1, -0.05) is 24.3 Å². The summed E-state index contributed by atoms with van der Waals surface area (Å²) in [5.41, 5.74) is 7.65. The minimum absolute atomic E-state index is 0.0309. The smallest absolute Gasteiger partial charge is 0.251 e. The molecule has 0 bridgehead atoms. The van der Waals surface area contributed by atoms with Crippen LogP contribution >= 0.6 is 0 Å². The van der Waals surface area contributed by atoms with E-state index in [1.807, 2.05) is 20.0 Å². The molecule has 138 valence electrons. The van der Waals surface area contributed by atoms with Crippen molar-refractivity contribution in [1.82, 2.24) is 14.9 Å². The van der Waals surface area contributed by atoms with Crippen LogP contribution in [0, 0.1) is 6.92 Å². The van der Waals surface area contributed by atoms with E-state index in [0.29, 0.717) is 0 Å². The van der Waals surface area contributed by atoms with Gasteiger partial charge in [-0.3, -0.25) is 4.79 Å². The Hall–Kier alpha value is -2.82. The van der Waals surface area contributed by atoms with Crippen LogP contribution in [0.1, 0.15) is 45.7 Å². The highest BCUT2D eigenvalue weighted by atomic mass is 16.1. The molecule has 0 saturated heterocycles. The molecule has 1 unspecified atom stereocenters. The van der Waals surface area contributed by atoms with Crippen LogP contribution in [0.4, 0.5) is 5.69 Å². The molecule has 1 amide bonds. The molecule has 0 saturated carbocycles. The maximum atomic E-state index is 12.6. The van der Waals surface area contributed by atoms with E-state index in [4.69, 9.17) is 4.98 Å². The molecule has 1 atom stereocenters. The number of aryl methyl sites for hydroxylation is 3. The van der Waals surface area contributed by atoms with Crippen molar-refractivity contribution in [2.45, 2.75) is 38.1 Å². The van der Waals surface area contributed by atoms with Gasteiger partial charge in [0, 0.05) is 19.7 Å². The normalized spacial score (nSPS) is 20.4. The number of aromatic nitrogens is 2. The number of rotatable bonds is 1. The molecular formula is C22H24N4O. The van der Waals surface area contributed by atoms with E-state index in [1.54, 1.807) is 7.05 Å². The van der Waals surface area contributed by atoms with Gasteiger partial charge in [0.1, 0.15) is 11.3 Å². The van der Waals surface area contributed by atoms with Crippen LogP contribution in [0.2, 0.25) is 0 Å². The molecule has 0 fully saturated rings. The number of anilines is 1. The molecule has 2 N–H and O–H groups in total. The number of hydrogen-bond acceptors (Lipinski definition) is 3. The minimum atomic E-state index is -0.0523. The first-order valence-corrected chi connectivity index (χ1v) is 9.61. The Balaban J connectivity index is 1.75. The molecule has 3 aromatic rings. The van der Waals surface area contributed by atoms with Crippen LogP contribution < -0.4 is 10.6 Å². The molecule has 5 nitrogen and oxygen atoms in total. The van der Waals surface area contributed by atoms with Crippen molar-refractivity contribution in [2.24, 2.45) is 7.05 Å².